The monoisotopic (exact) mass is 486 g/mol. The van der Waals surface area contributed by atoms with E-state index in [0.29, 0.717) is 31.7 Å². The fourth-order valence-electron chi connectivity index (χ4n) is 4.89. The van der Waals surface area contributed by atoms with E-state index in [9.17, 15) is 26.3 Å². The first kappa shape index (κ1) is 22.7. The van der Waals surface area contributed by atoms with Crippen LogP contribution in [-0.2, 0) is 12.7 Å². The fourth-order valence-corrected chi connectivity index (χ4v) is 4.89. The number of hydrogen-bond donors (Lipinski definition) is 0. The topological polar surface area (TPSA) is 69.0 Å². The van der Waals surface area contributed by atoms with Gasteiger partial charge in [-0.3, -0.25) is 4.98 Å². The van der Waals surface area contributed by atoms with Crippen LogP contribution >= 0.6 is 0 Å². The van der Waals surface area contributed by atoms with Gasteiger partial charge >= 0.3 is 12.4 Å². The molecule has 1 aliphatic carbocycles. The summed E-state index contributed by atoms with van der Waals surface area (Å²) in [6, 6.07) is 0.893. The molecule has 0 radical (unpaired) electrons. The normalized spacial score (nSPS) is 23.4. The minimum atomic E-state index is -4.53. The Labute approximate surface area is 189 Å². The van der Waals surface area contributed by atoms with Crippen molar-refractivity contribution in [1.29, 1.82) is 0 Å². The number of anilines is 1. The fraction of sp³-hybridized carbons (Fsp3) is 0.524. The Morgan fingerprint density at radius 1 is 1.09 bits per heavy atom. The zero-order valence-electron chi connectivity index (χ0n) is 17.8. The van der Waals surface area contributed by atoms with Crippen LogP contribution in [0.25, 0.3) is 11.2 Å². The Bertz CT molecular complexity index is 1190. The van der Waals surface area contributed by atoms with Gasteiger partial charge in [-0.05, 0) is 37.2 Å². The summed E-state index contributed by atoms with van der Waals surface area (Å²) >= 11 is 0. The minimum absolute atomic E-state index is 0.0560. The summed E-state index contributed by atoms with van der Waals surface area (Å²) in [6.45, 7) is -0.0346. The second kappa shape index (κ2) is 7.98. The first-order chi connectivity index (χ1) is 16.0. The average Bonchev–Trinajstić information content (AvgIpc) is 3.13. The Balaban J connectivity index is 1.28. The summed E-state index contributed by atoms with van der Waals surface area (Å²) in [5, 5.41) is 3.75. The highest BCUT2D eigenvalue weighted by molar-refractivity contribution is 5.71. The van der Waals surface area contributed by atoms with E-state index in [2.05, 4.69) is 20.1 Å². The van der Waals surface area contributed by atoms with Crippen LogP contribution in [0.5, 0.6) is 5.75 Å². The van der Waals surface area contributed by atoms with Gasteiger partial charge in [0.15, 0.2) is 5.65 Å². The summed E-state index contributed by atoms with van der Waals surface area (Å²) < 4.78 is 84.6. The summed E-state index contributed by atoms with van der Waals surface area (Å²) in [7, 11) is 0. The highest BCUT2D eigenvalue weighted by Crippen LogP contribution is 2.50. The van der Waals surface area contributed by atoms with Crippen LogP contribution in [-0.4, -0.2) is 50.1 Å². The lowest BCUT2D eigenvalue weighted by Crippen LogP contribution is -2.54. The lowest BCUT2D eigenvalue weighted by atomic mass is 9.62. The summed E-state index contributed by atoms with van der Waals surface area (Å²) in [4.78, 5) is 14.3. The van der Waals surface area contributed by atoms with Gasteiger partial charge < -0.3 is 9.64 Å². The smallest absolute Gasteiger partial charge is 0.420 e. The molecular formula is C21H20F6N6O. The van der Waals surface area contributed by atoms with Crippen LogP contribution < -0.4 is 9.64 Å². The van der Waals surface area contributed by atoms with Crippen LogP contribution in [0.4, 0.5) is 32.2 Å². The minimum Gasteiger partial charge on any atom is -0.488 e. The third-order valence-corrected chi connectivity index (χ3v) is 6.35. The van der Waals surface area contributed by atoms with Gasteiger partial charge in [0.2, 0.25) is 0 Å². The standard InChI is InChI=1S/C21H20F6N6O/c22-20(23,24)12-33-18-15(8-30-33)29-10-17(31-18)32-5-1-3-19(11-32)6-13(7-19)34-16-9-28-4-2-14(16)21(25,26)27/h2,4,8-10,13H,1,3,5-7,11-12H2. The number of hydrogen-bond acceptors (Lipinski definition) is 6. The van der Waals surface area contributed by atoms with E-state index in [1.54, 1.807) is 0 Å². The number of piperidine rings is 1. The molecule has 13 heteroatoms. The van der Waals surface area contributed by atoms with Gasteiger partial charge in [-0.25, -0.2) is 14.6 Å². The van der Waals surface area contributed by atoms with Crippen molar-refractivity contribution in [3.63, 3.8) is 0 Å². The van der Waals surface area contributed by atoms with Gasteiger partial charge in [0.25, 0.3) is 0 Å². The van der Waals surface area contributed by atoms with Crippen LogP contribution in [0.1, 0.15) is 31.2 Å². The van der Waals surface area contributed by atoms with Gasteiger partial charge in [-0.2, -0.15) is 31.4 Å². The lowest BCUT2D eigenvalue weighted by molar-refractivity contribution is -0.142. The molecule has 1 spiro atoms. The predicted molar refractivity (Wildman–Crippen MR) is 108 cm³/mol. The van der Waals surface area contributed by atoms with Crippen LogP contribution in [0, 0.1) is 5.41 Å². The lowest BCUT2D eigenvalue weighted by Gasteiger charge is -2.52. The Morgan fingerprint density at radius 2 is 1.88 bits per heavy atom. The van der Waals surface area contributed by atoms with E-state index in [0.717, 1.165) is 36.0 Å². The molecule has 0 atom stereocenters. The largest absolute Gasteiger partial charge is 0.488 e. The molecule has 0 amide bonds. The SMILES string of the molecule is FC(F)(F)Cn1ncc2ncc(N3CCCC4(CC(Oc5cnccc5C(F)(F)F)C4)C3)nc21. The van der Waals surface area contributed by atoms with E-state index in [1.807, 2.05) is 4.90 Å². The predicted octanol–water partition coefficient (Wildman–Crippen LogP) is 4.63. The third-order valence-electron chi connectivity index (χ3n) is 6.35. The average molecular weight is 486 g/mol. The molecule has 34 heavy (non-hydrogen) atoms. The second-order valence-electron chi connectivity index (χ2n) is 8.90. The zero-order chi connectivity index (χ0) is 24.1. The first-order valence-corrected chi connectivity index (χ1v) is 10.7. The van der Waals surface area contributed by atoms with Crippen molar-refractivity contribution < 1.29 is 31.1 Å². The number of fused-ring (bicyclic) bond motifs is 1. The summed E-state index contributed by atoms with van der Waals surface area (Å²) in [5.74, 6) is 0.170. The van der Waals surface area contributed by atoms with Gasteiger partial charge in [0.05, 0.1) is 18.6 Å². The molecule has 182 valence electrons. The number of pyridine rings is 1. The molecule has 2 aliphatic rings. The Kier molecular flexibility index (Phi) is 5.32. The molecule has 1 aliphatic heterocycles. The molecule has 1 saturated heterocycles. The van der Waals surface area contributed by atoms with E-state index in [1.165, 1.54) is 12.4 Å². The molecule has 3 aromatic rings. The van der Waals surface area contributed by atoms with E-state index >= 15 is 0 Å². The number of rotatable bonds is 4. The van der Waals surface area contributed by atoms with Crippen molar-refractivity contribution >= 4 is 17.0 Å². The van der Waals surface area contributed by atoms with Gasteiger partial charge in [-0.15, -0.1) is 0 Å². The van der Waals surface area contributed by atoms with Crippen LogP contribution in [0.2, 0.25) is 0 Å². The molecule has 7 nitrogen and oxygen atoms in total. The van der Waals surface area contributed by atoms with Crippen LogP contribution in [0.3, 0.4) is 0 Å². The Morgan fingerprint density at radius 3 is 2.62 bits per heavy atom. The first-order valence-electron chi connectivity index (χ1n) is 10.7. The molecule has 0 aromatic carbocycles. The van der Waals surface area contributed by atoms with Crippen molar-refractivity contribution in [1.82, 2.24) is 24.7 Å². The zero-order valence-corrected chi connectivity index (χ0v) is 17.8. The molecule has 4 heterocycles. The van der Waals surface area contributed by atoms with E-state index < -0.39 is 24.5 Å². The summed E-state index contributed by atoms with van der Waals surface area (Å²) in [6.07, 6.45) is -1.59. The third kappa shape index (κ3) is 4.47. The van der Waals surface area contributed by atoms with Gasteiger partial charge in [0, 0.05) is 19.3 Å². The maximum atomic E-state index is 13.2. The molecule has 2 fully saturated rings. The number of halogens is 6. The Hall–Kier alpha value is -3.12. The number of aromatic nitrogens is 5. The number of nitrogens with zero attached hydrogens (tertiary/aromatic N) is 6. The molecular weight excluding hydrogens is 466 g/mol. The quantitative estimate of drug-likeness (QED) is 0.501. The van der Waals surface area contributed by atoms with Gasteiger partial charge in [0.1, 0.15) is 35.3 Å². The molecule has 0 bridgehead atoms. The number of alkyl halides is 6. The van der Waals surface area contributed by atoms with Crippen molar-refractivity contribution in [3.8, 4) is 5.75 Å². The molecule has 0 N–H and O–H groups in total. The maximum absolute atomic E-state index is 13.2. The molecule has 3 aromatic heterocycles. The molecule has 1 saturated carbocycles. The van der Waals surface area contributed by atoms with Crippen molar-refractivity contribution in [2.24, 2.45) is 5.41 Å². The van der Waals surface area contributed by atoms with Crippen molar-refractivity contribution in [3.05, 3.63) is 36.4 Å². The highest BCUT2D eigenvalue weighted by Gasteiger charge is 2.49. The van der Waals surface area contributed by atoms with E-state index in [4.69, 9.17) is 4.74 Å². The van der Waals surface area contributed by atoms with E-state index in [-0.39, 0.29) is 28.4 Å². The second-order valence-corrected chi connectivity index (χ2v) is 8.90. The summed E-state index contributed by atoms with van der Waals surface area (Å²) in [5.41, 5.74) is -0.686. The molecule has 0 unspecified atom stereocenters. The molecule has 5 rings (SSSR count). The highest BCUT2D eigenvalue weighted by atomic mass is 19.4. The van der Waals surface area contributed by atoms with Crippen molar-refractivity contribution in [2.45, 2.75) is 50.7 Å². The van der Waals surface area contributed by atoms with Crippen LogP contribution in [0.15, 0.2) is 30.9 Å². The van der Waals surface area contributed by atoms with Crippen molar-refractivity contribution in [2.75, 3.05) is 18.0 Å². The number of ether oxygens (including phenoxy) is 1. The van der Waals surface area contributed by atoms with Gasteiger partial charge in [-0.1, -0.05) is 0 Å². The maximum Gasteiger partial charge on any atom is 0.420 e.